The minimum Gasteiger partial charge on any atom is -0.550 e. The van der Waals surface area contributed by atoms with E-state index in [-0.39, 0.29) is 19.7 Å². The molecule has 2 aliphatic heterocycles. The lowest BCUT2D eigenvalue weighted by Gasteiger charge is -2.37. The van der Waals surface area contributed by atoms with Crippen LogP contribution in [-0.2, 0) is 9.53 Å². The fourth-order valence-electron chi connectivity index (χ4n) is 2.26. The number of hydrogen-bond acceptors (Lipinski definition) is 11. The summed E-state index contributed by atoms with van der Waals surface area (Å²) in [6, 6.07) is -0.524. The number of nitrogens with one attached hydrogen (secondary N) is 3. The van der Waals surface area contributed by atoms with Gasteiger partial charge in [-0.15, -0.1) is 0 Å². The molecule has 1 fully saturated rings. The Kier molecular flexibility index (Phi) is 8.44. The van der Waals surface area contributed by atoms with Crippen LogP contribution in [0.4, 0.5) is 0 Å². The number of carboxylic acids is 1. The molecule has 25 heavy (non-hydrogen) atoms. The highest BCUT2D eigenvalue weighted by molar-refractivity contribution is 5.74. The van der Waals surface area contributed by atoms with E-state index < -0.39 is 48.8 Å². The fourth-order valence-corrected chi connectivity index (χ4v) is 2.26. The summed E-state index contributed by atoms with van der Waals surface area (Å²) in [5, 5.41) is 71.3. The van der Waals surface area contributed by atoms with Crippen LogP contribution in [0, 0.1) is 0 Å². The molecule has 9 N–H and O–H groups in total. The predicted molar refractivity (Wildman–Crippen MR) is 78.4 cm³/mol. The zero-order valence-corrected chi connectivity index (χ0v) is 13.6. The van der Waals surface area contributed by atoms with Crippen molar-refractivity contribution < 1.29 is 50.3 Å². The summed E-state index contributed by atoms with van der Waals surface area (Å²) in [5.41, 5.74) is 0. The van der Waals surface area contributed by atoms with Crippen LogP contribution in [0.5, 0.6) is 0 Å². The Morgan fingerprint density at radius 2 is 1.88 bits per heavy atom. The van der Waals surface area contributed by atoms with Crippen molar-refractivity contribution in [1.29, 1.82) is 0 Å². The van der Waals surface area contributed by atoms with Crippen molar-refractivity contribution in [1.82, 2.24) is 10.6 Å². The smallest absolute Gasteiger partial charge is 0.343 e. The van der Waals surface area contributed by atoms with E-state index in [1.165, 1.54) is 0 Å². The van der Waals surface area contributed by atoms with Gasteiger partial charge < -0.3 is 45.3 Å². The Hall–Kier alpha value is -1.54. The minimum absolute atomic E-state index is 0.0333. The predicted octanol–water partition coefficient (Wildman–Crippen LogP) is -8.11. The number of carbonyl (C=O) groups excluding carboxylic acids is 1. The molecule has 0 aromatic carbocycles. The Labute approximate surface area is 143 Å². The van der Waals surface area contributed by atoms with E-state index in [1.807, 2.05) is 0 Å². The first-order valence-corrected chi connectivity index (χ1v) is 7.62. The van der Waals surface area contributed by atoms with Gasteiger partial charge in [0.1, 0.15) is 36.6 Å². The number of aliphatic hydroxyl groups is 6. The molecule has 12 heteroatoms. The van der Waals surface area contributed by atoms with Crippen LogP contribution in [0.25, 0.3) is 0 Å². The van der Waals surface area contributed by atoms with Crippen molar-refractivity contribution in [2.45, 2.75) is 49.8 Å². The van der Waals surface area contributed by atoms with Crippen LogP contribution in [0.3, 0.4) is 0 Å². The van der Waals surface area contributed by atoms with E-state index in [0.717, 1.165) is 6.92 Å². The van der Waals surface area contributed by atoms with Crippen molar-refractivity contribution >= 4 is 11.9 Å². The summed E-state index contributed by atoms with van der Waals surface area (Å²) >= 11 is 0. The first-order chi connectivity index (χ1) is 11.7. The Morgan fingerprint density at radius 3 is 2.44 bits per heavy atom. The Balaban J connectivity index is 0.000000705. The molecule has 0 aliphatic carbocycles. The van der Waals surface area contributed by atoms with Crippen molar-refractivity contribution in [2.75, 3.05) is 19.7 Å². The lowest BCUT2D eigenvalue weighted by molar-refractivity contribution is -0.482. The van der Waals surface area contributed by atoms with Gasteiger partial charge in [0.25, 0.3) is 0 Å². The first kappa shape index (κ1) is 21.5. The molecule has 7 atom stereocenters. The average molecular weight is 367 g/mol. The highest BCUT2D eigenvalue weighted by Gasteiger charge is 2.43. The third-order valence-electron chi connectivity index (χ3n) is 3.65. The second kappa shape index (κ2) is 9.82. The monoisotopic (exact) mass is 367 g/mol. The zero-order valence-electron chi connectivity index (χ0n) is 13.6. The molecule has 1 unspecified atom stereocenters. The summed E-state index contributed by atoms with van der Waals surface area (Å²) in [7, 11) is 0. The maximum Gasteiger partial charge on any atom is 0.343 e. The van der Waals surface area contributed by atoms with Crippen molar-refractivity contribution in [2.24, 2.45) is 0 Å². The lowest BCUT2D eigenvalue weighted by Crippen LogP contribution is -2.87. The van der Waals surface area contributed by atoms with Gasteiger partial charge in [-0.3, -0.25) is 15.6 Å². The van der Waals surface area contributed by atoms with Crippen LogP contribution in [0.2, 0.25) is 0 Å². The van der Waals surface area contributed by atoms with Gasteiger partial charge in [0.2, 0.25) is 0 Å². The van der Waals surface area contributed by atoms with Crippen LogP contribution in [0.15, 0.2) is 0 Å². The third-order valence-corrected chi connectivity index (χ3v) is 3.65. The molecule has 0 spiro atoms. The normalized spacial score (nSPS) is 37.9. The van der Waals surface area contributed by atoms with Gasteiger partial charge in [0, 0.05) is 5.97 Å². The van der Waals surface area contributed by atoms with E-state index in [9.17, 15) is 25.5 Å². The topological polar surface area (TPSA) is 209 Å². The second-order valence-corrected chi connectivity index (χ2v) is 5.67. The summed E-state index contributed by atoms with van der Waals surface area (Å²) in [4.78, 5) is 11.7. The molecule has 146 valence electrons. The molecule has 1 saturated heterocycles. The number of rotatable bonds is 3. The summed E-state index contributed by atoms with van der Waals surface area (Å²) < 4.78 is 5.01. The standard InChI is InChI=1S/C11H21N3O7.C2H4O2/c15-3-4-5(16)1-12-11(14-4)13-2-6-7(17)8(18)9(19)10(20)21-6;1-2(3)4/h4-10,15-20H,1-3H2,(H2,12,13,14);1H3,(H,3,4)/t4-,5+,6-,7-,8+,9-,10?;/m1./s1. The highest BCUT2D eigenvalue weighted by atomic mass is 16.6. The van der Waals surface area contributed by atoms with Gasteiger partial charge in [0.05, 0.1) is 19.7 Å². The van der Waals surface area contributed by atoms with Crippen LogP contribution < -0.4 is 20.7 Å². The van der Waals surface area contributed by atoms with Crippen molar-refractivity contribution in [3.05, 3.63) is 0 Å². The van der Waals surface area contributed by atoms with Gasteiger partial charge in [-0.05, 0) is 6.92 Å². The maximum absolute atomic E-state index is 9.78. The van der Waals surface area contributed by atoms with Crippen LogP contribution >= 0.6 is 0 Å². The van der Waals surface area contributed by atoms with Gasteiger partial charge in [-0.1, -0.05) is 0 Å². The van der Waals surface area contributed by atoms with Crippen LogP contribution in [0.1, 0.15) is 6.92 Å². The van der Waals surface area contributed by atoms with Crippen molar-refractivity contribution in [3.8, 4) is 0 Å². The second-order valence-electron chi connectivity index (χ2n) is 5.67. The average Bonchev–Trinajstić information content (AvgIpc) is 2.55. The highest BCUT2D eigenvalue weighted by Crippen LogP contribution is 2.19. The molecule has 0 aromatic rings. The molecule has 2 rings (SSSR count). The van der Waals surface area contributed by atoms with Gasteiger partial charge in [-0.2, -0.15) is 0 Å². The van der Waals surface area contributed by atoms with Gasteiger partial charge in [-0.25, -0.2) is 0 Å². The lowest BCUT2D eigenvalue weighted by atomic mass is 9.99. The fraction of sp³-hybridized carbons (Fsp3) is 0.846. The third kappa shape index (κ3) is 6.36. The molecule has 0 saturated carbocycles. The number of guanidine groups is 1. The largest absolute Gasteiger partial charge is 0.550 e. The van der Waals surface area contributed by atoms with E-state index in [2.05, 4.69) is 15.6 Å². The van der Waals surface area contributed by atoms with E-state index in [1.54, 1.807) is 0 Å². The Bertz CT molecular complexity index is 460. The van der Waals surface area contributed by atoms with Gasteiger partial charge >= 0.3 is 5.96 Å². The molecular formula is C13H25N3O9. The van der Waals surface area contributed by atoms with E-state index in [4.69, 9.17) is 19.7 Å². The molecule has 2 aliphatic rings. The van der Waals surface area contributed by atoms with E-state index in [0.29, 0.717) is 5.96 Å². The summed E-state index contributed by atoms with van der Waals surface area (Å²) in [5.74, 6) is -0.662. The summed E-state index contributed by atoms with van der Waals surface area (Å²) in [6.45, 7) is 0.990. The first-order valence-electron chi connectivity index (χ1n) is 7.62. The molecular weight excluding hydrogens is 342 g/mol. The zero-order chi connectivity index (χ0) is 19.1. The number of ether oxygens (including phenoxy) is 1. The van der Waals surface area contributed by atoms with Crippen LogP contribution in [-0.4, -0.2) is 105 Å². The van der Waals surface area contributed by atoms with E-state index >= 15 is 0 Å². The number of aliphatic carboxylic acids is 1. The van der Waals surface area contributed by atoms with Crippen molar-refractivity contribution in [3.63, 3.8) is 0 Å². The Morgan fingerprint density at radius 1 is 1.28 bits per heavy atom. The number of carbonyl (C=O) groups is 1. The quantitative estimate of drug-likeness (QED) is 0.229. The minimum atomic E-state index is -1.58. The molecule has 0 aromatic heterocycles. The molecule has 12 nitrogen and oxygen atoms in total. The number of aliphatic hydroxyl groups excluding tert-OH is 6. The van der Waals surface area contributed by atoms with Gasteiger partial charge in [0.15, 0.2) is 6.29 Å². The maximum atomic E-state index is 9.78. The SMILES string of the molecule is CC(=O)[O-].OC[C@H]1NC(NC[C@H]2OC(O)[C@H](O)[C@@H](O)[C@@H]2O)=[NH+]C[C@@H]1O. The molecule has 0 bridgehead atoms. The molecule has 0 radical (unpaired) electrons. The molecule has 0 amide bonds. The number of hydrogen-bond donors (Lipinski definition) is 9. The number of β-amino-alcohol motifs (C(OH)–C–C–N with tert-alkyl or cyclic N) is 1. The summed E-state index contributed by atoms with van der Waals surface area (Å²) in [6.07, 6.45) is -7.70. The molecule has 2 heterocycles. The number of carboxylic acid groups (broad SMARTS) is 1.